The highest BCUT2D eigenvalue weighted by atomic mass is 16.2. The Balaban J connectivity index is 1.77. The molecule has 3 unspecified atom stereocenters. The fraction of sp³-hybridized carbons (Fsp3) is 0.800. The lowest BCUT2D eigenvalue weighted by Crippen LogP contribution is -2.53. The Bertz CT molecular complexity index is 538. The van der Waals surface area contributed by atoms with E-state index in [4.69, 9.17) is 5.73 Å². The van der Waals surface area contributed by atoms with Gasteiger partial charge in [0.15, 0.2) is 5.82 Å². The van der Waals surface area contributed by atoms with Crippen LogP contribution in [0.15, 0.2) is 6.33 Å². The third-order valence-electron chi connectivity index (χ3n) is 5.75. The molecule has 1 aromatic heterocycles. The van der Waals surface area contributed by atoms with Crippen LogP contribution in [0.1, 0.15) is 39.4 Å². The van der Waals surface area contributed by atoms with Crippen molar-refractivity contribution in [2.45, 2.75) is 52.7 Å². The number of hydrogen-bond donors (Lipinski definition) is 1. The predicted octanol–water partition coefficient (Wildman–Crippen LogP) is 1.02. The Labute approximate surface area is 125 Å². The molecular formula is C15H25N5O. The van der Waals surface area contributed by atoms with E-state index in [-0.39, 0.29) is 23.3 Å². The van der Waals surface area contributed by atoms with Gasteiger partial charge in [-0.15, -0.1) is 10.2 Å². The Morgan fingerprint density at radius 1 is 1.38 bits per heavy atom. The lowest BCUT2D eigenvalue weighted by molar-refractivity contribution is -0.145. The van der Waals surface area contributed by atoms with Crippen molar-refractivity contribution in [1.29, 1.82) is 0 Å². The lowest BCUT2D eigenvalue weighted by atomic mass is 9.60. The second-order valence-corrected chi connectivity index (χ2v) is 7.10. The molecule has 6 nitrogen and oxygen atoms in total. The number of fused-ring (bicyclic) bond motifs is 1. The van der Waals surface area contributed by atoms with Gasteiger partial charge in [-0.25, -0.2) is 0 Å². The van der Waals surface area contributed by atoms with Crippen molar-refractivity contribution in [2.75, 3.05) is 6.54 Å². The second kappa shape index (κ2) is 5.09. The highest BCUT2D eigenvalue weighted by molar-refractivity contribution is 5.80. The first-order valence-corrected chi connectivity index (χ1v) is 7.82. The van der Waals surface area contributed by atoms with Gasteiger partial charge in [-0.1, -0.05) is 20.8 Å². The predicted molar refractivity (Wildman–Crippen MR) is 79.1 cm³/mol. The number of carbonyl (C=O) groups excluding carboxylic acids is 1. The number of amides is 1. The number of nitrogens with two attached hydrogens (primary N) is 1. The van der Waals surface area contributed by atoms with Crippen LogP contribution in [-0.2, 0) is 17.9 Å². The Hall–Kier alpha value is -1.43. The molecule has 2 aliphatic rings. The number of carbonyl (C=O) groups is 1. The maximum Gasteiger partial charge on any atom is 0.226 e. The largest absolute Gasteiger partial charge is 0.333 e. The normalized spacial score (nSPS) is 31.8. The van der Waals surface area contributed by atoms with E-state index in [1.807, 2.05) is 9.47 Å². The Kier molecular flexibility index (Phi) is 3.51. The summed E-state index contributed by atoms with van der Waals surface area (Å²) in [5.41, 5.74) is 6.14. The van der Waals surface area contributed by atoms with E-state index in [9.17, 15) is 4.79 Å². The zero-order valence-electron chi connectivity index (χ0n) is 13.1. The smallest absolute Gasteiger partial charge is 0.226 e. The maximum atomic E-state index is 13.0. The van der Waals surface area contributed by atoms with Gasteiger partial charge in [0.25, 0.3) is 0 Å². The topological polar surface area (TPSA) is 77.0 Å². The summed E-state index contributed by atoms with van der Waals surface area (Å²) >= 11 is 0. The molecule has 2 N–H and O–H groups in total. The summed E-state index contributed by atoms with van der Waals surface area (Å²) < 4.78 is 2.02. The summed E-state index contributed by atoms with van der Waals surface area (Å²) in [6.45, 7) is 8.66. The highest BCUT2D eigenvalue weighted by Crippen LogP contribution is 2.45. The maximum absolute atomic E-state index is 13.0. The van der Waals surface area contributed by atoms with Crippen molar-refractivity contribution in [3.63, 3.8) is 0 Å². The van der Waals surface area contributed by atoms with Crippen molar-refractivity contribution < 1.29 is 4.79 Å². The molecule has 3 atom stereocenters. The summed E-state index contributed by atoms with van der Waals surface area (Å²) in [5.74, 6) is 1.55. The molecule has 1 aromatic rings. The van der Waals surface area contributed by atoms with Gasteiger partial charge in [-0.05, 0) is 24.2 Å². The quantitative estimate of drug-likeness (QED) is 0.838. The molecule has 0 spiro atoms. The van der Waals surface area contributed by atoms with Crippen LogP contribution in [-0.4, -0.2) is 38.2 Å². The van der Waals surface area contributed by atoms with Crippen molar-refractivity contribution in [3.05, 3.63) is 12.2 Å². The first kappa shape index (κ1) is 14.5. The minimum absolute atomic E-state index is 0.0557. The van der Waals surface area contributed by atoms with Crippen molar-refractivity contribution >= 4 is 5.91 Å². The third-order valence-corrected chi connectivity index (χ3v) is 5.75. The summed E-state index contributed by atoms with van der Waals surface area (Å²) in [6, 6.07) is 0.202. The number of nitrogens with zero attached hydrogens (tertiary/aromatic N) is 4. The second-order valence-electron chi connectivity index (χ2n) is 7.10. The lowest BCUT2D eigenvalue weighted by Gasteiger charge is -2.47. The van der Waals surface area contributed by atoms with E-state index in [0.717, 1.165) is 31.8 Å². The molecule has 6 heteroatoms. The van der Waals surface area contributed by atoms with Crippen LogP contribution < -0.4 is 5.73 Å². The van der Waals surface area contributed by atoms with E-state index in [1.54, 1.807) is 6.33 Å². The summed E-state index contributed by atoms with van der Waals surface area (Å²) in [6.07, 6.45) is 3.56. The van der Waals surface area contributed by atoms with Crippen LogP contribution in [0.3, 0.4) is 0 Å². The van der Waals surface area contributed by atoms with E-state index < -0.39 is 0 Å². The van der Waals surface area contributed by atoms with Crippen LogP contribution in [0.4, 0.5) is 0 Å². The average molecular weight is 291 g/mol. The molecule has 0 saturated heterocycles. The zero-order chi connectivity index (χ0) is 15.2. The minimum Gasteiger partial charge on any atom is -0.333 e. The molecule has 21 heavy (non-hydrogen) atoms. The molecule has 2 heterocycles. The molecule has 1 amide bonds. The zero-order valence-corrected chi connectivity index (χ0v) is 13.1. The average Bonchev–Trinajstić information content (AvgIpc) is 2.91. The molecule has 1 aliphatic heterocycles. The fourth-order valence-electron chi connectivity index (χ4n) is 3.77. The van der Waals surface area contributed by atoms with Gasteiger partial charge in [0.2, 0.25) is 5.91 Å². The number of hydrogen-bond acceptors (Lipinski definition) is 4. The first-order chi connectivity index (χ1) is 9.91. The number of aromatic nitrogens is 3. The number of rotatable bonds is 1. The molecule has 1 saturated carbocycles. The SMILES string of the molecule is CC1C(N)CCC(C(=O)N2CCn3cnnc3C2)C1(C)C. The molecule has 0 radical (unpaired) electrons. The molecular weight excluding hydrogens is 266 g/mol. The van der Waals surface area contributed by atoms with Gasteiger partial charge < -0.3 is 15.2 Å². The van der Waals surface area contributed by atoms with E-state index in [0.29, 0.717) is 12.5 Å². The van der Waals surface area contributed by atoms with Crippen molar-refractivity contribution in [2.24, 2.45) is 23.0 Å². The van der Waals surface area contributed by atoms with Gasteiger partial charge >= 0.3 is 0 Å². The summed E-state index contributed by atoms with van der Waals surface area (Å²) in [7, 11) is 0. The van der Waals surface area contributed by atoms with Crippen LogP contribution in [0.2, 0.25) is 0 Å². The molecule has 0 bridgehead atoms. The Morgan fingerprint density at radius 2 is 2.14 bits per heavy atom. The van der Waals surface area contributed by atoms with Crippen molar-refractivity contribution in [3.8, 4) is 0 Å². The standard InChI is InChI=1S/C15H25N5O/c1-10-12(16)5-4-11(15(10,2)3)14(21)19-6-7-20-9-17-18-13(20)8-19/h9-12H,4-8,16H2,1-3H3. The van der Waals surface area contributed by atoms with E-state index in [2.05, 4.69) is 31.0 Å². The molecule has 1 aliphatic carbocycles. The van der Waals surface area contributed by atoms with Gasteiger partial charge in [0, 0.05) is 25.0 Å². The van der Waals surface area contributed by atoms with Crippen LogP contribution in [0.25, 0.3) is 0 Å². The van der Waals surface area contributed by atoms with Crippen LogP contribution >= 0.6 is 0 Å². The molecule has 1 fully saturated rings. The van der Waals surface area contributed by atoms with Crippen LogP contribution in [0, 0.1) is 17.3 Å². The third kappa shape index (κ3) is 2.35. The van der Waals surface area contributed by atoms with E-state index >= 15 is 0 Å². The molecule has 3 rings (SSSR count). The molecule has 116 valence electrons. The first-order valence-electron chi connectivity index (χ1n) is 7.82. The fourth-order valence-corrected chi connectivity index (χ4v) is 3.77. The Morgan fingerprint density at radius 3 is 2.90 bits per heavy atom. The van der Waals surface area contributed by atoms with Crippen LogP contribution in [0.5, 0.6) is 0 Å². The summed E-state index contributed by atoms with van der Waals surface area (Å²) in [4.78, 5) is 14.9. The van der Waals surface area contributed by atoms with Gasteiger partial charge in [0.1, 0.15) is 6.33 Å². The monoisotopic (exact) mass is 291 g/mol. The molecule has 0 aromatic carbocycles. The minimum atomic E-state index is -0.0557. The summed E-state index contributed by atoms with van der Waals surface area (Å²) in [5, 5.41) is 8.02. The van der Waals surface area contributed by atoms with Gasteiger partial charge in [-0.2, -0.15) is 0 Å². The van der Waals surface area contributed by atoms with Gasteiger partial charge in [-0.3, -0.25) is 4.79 Å². The van der Waals surface area contributed by atoms with E-state index in [1.165, 1.54) is 0 Å². The van der Waals surface area contributed by atoms with Gasteiger partial charge in [0.05, 0.1) is 6.54 Å². The van der Waals surface area contributed by atoms with Crippen molar-refractivity contribution in [1.82, 2.24) is 19.7 Å². The highest BCUT2D eigenvalue weighted by Gasteiger charge is 2.46.